The maximum Gasteiger partial charge on any atom is 0.233 e. The average Bonchev–Trinajstić information content (AvgIpc) is 2.29. The highest BCUT2D eigenvalue weighted by Crippen LogP contribution is 2.27. The fourth-order valence-electron chi connectivity index (χ4n) is 2.14. The molecule has 1 amide bonds. The summed E-state index contributed by atoms with van der Waals surface area (Å²) in [4.78, 5) is 11.4. The Hall–Kier alpha value is -0.830. The first-order valence-electron chi connectivity index (χ1n) is 6.30. The Morgan fingerprint density at radius 2 is 2.06 bits per heavy atom. The van der Waals surface area contributed by atoms with E-state index in [1.165, 1.54) is 25.7 Å². The van der Waals surface area contributed by atoms with Crippen molar-refractivity contribution in [2.45, 2.75) is 32.6 Å². The van der Waals surface area contributed by atoms with Crippen LogP contribution in [-0.4, -0.2) is 25.5 Å². The lowest BCUT2D eigenvalue weighted by Crippen LogP contribution is -2.37. The lowest BCUT2D eigenvalue weighted by molar-refractivity contribution is -0.120. The number of hydrogen-bond acceptors (Lipinski definition) is 2. The summed E-state index contributed by atoms with van der Waals surface area (Å²) in [6.45, 7) is 7.84. The number of rotatable bonds is 6. The highest BCUT2D eigenvalue weighted by Gasteiger charge is 2.18. The molecule has 1 saturated carbocycles. The van der Waals surface area contributed by atoms with Gasteiger partial charge in [0.15, 0.2) is 0 Å². The third-order valence-corrected chi connectivity index (χ3v) is 3.30. The fourth-order valence-corrected chi connectivity index (χ4v) is 2.14. The van der Waals surface area contributed by atoms with E-state index in [1.54, 1.807) is 6.08 Å². The van der Waals surface area contributed by atoms with Crippen molar-refractivity contribution in [3.63, 3.8) is 0 Å². The van der Waals surface area contributed by atoms with E-state index in [1.807, 2.05) is 0 Å². The van der Waals surface area contributed by atoms with Crippen molar-refractivity contribution >= 4 is 5.91 Å². The van der Waals surface area contributed by atoms with Gasteiger partial charge in [0, 0.05) is 13.1 Å². The van der Waals surface area contributed by atoms with Crippen LogP contribution in [0.1, 0.15) is 32.6 Å². The highest BCUT2D eigenvalue weighted by molar-refractivity contribution is 5.77. The van der Waals surface area contributed by atoms with E-state index in [2.05, 4.69) is 24.1 Å². The Balaban J connectivity index is 2.05. The first-order chi connectivity index (χ1) is 7.72. The molecule has 1 fully saturated rings. The molecule has 3 nitrogen and oxygen atoms in total. The van der Waals surface area contributed by atoms with Gasteiger partial charge in [0.05, 0.1) is 6.54 Å². The Labute approximate surface area is 98.7 Å². The quantitative estimate of drug-likeness (QED) is 0.532. The molecule has 92 valence electrons. The summed E-state index contributed by atoms with van der Waals surface area (Å²) >= 11 is 0. The summed E-state index contributed by atoms with van der Waals surface area (Å²) in [5.74, 6) is 1.67. The predicted molar refractivity (Wildman–Crippen MR) is 67.2 cm³/mol. The van der Waals surface area contributed by atoms with Gasteiger partial charge < -0.3 is 10.6 Å². The van der Waals surface area contributed by atoms with Gasteiger partial charge in [-0.1, -0.05) is 25.8 Å². The van der Waals surface area contributed by atoms with E-state index < -0.39 is 0 Å². The van der Waals surface area contributed by atoms with Crippen LogP contribution < -0.4 is 10.6 Å². The first kappa shape index (κ1) is 13.2. The second-order valence-electron chi connectivity index (χ2n) is 4.85. The number of carbonyl (C=O) groups excluding carboxylic acids is 1. The van der Waals surface area contributed by atoms with E-state index in [0.29, 0.717) is 19.0 Å². The molecule has 0 bridgehead atoms. The van der Waals surface area contributed by atoms with Gasteiger partial charge in [0.25, 0.3) is 0 Å². The van der Waals surface area contributed by atoms with Gasteiger partial charge >= 0.3 is 0 Å². The van der Waals surface area contributed by atoms with Crippen LogP contribution in [0.2, 0.25) is 0 Å². The smallest absolute Gasteiger partial charge is 0.233 e. The van der Waals surface area contributed by atoms with Crippen molar-refractivity contribution in [3.05, 3.63) is 12.7 Å². The predicted octanol–water partition coefficient (Wildman–Crippen LogP) is 1.70. The monoisotopic (exact) mass is 224 g/mol. The molecule has 1 aliphatic carbocycles. The number of carbonyl (C=O) groups is 1. The molecule has 3 heteroatoms. The SMILES string of the molecule is C=CCNCC(=O)NCC1CCC(C)CC1. The molecule has 0 saturated heterocycles. The second kappa shape index (κ2) is 7.44. The molecule has 0 aromatic rings. The molecule has 0 aromatic carbocycles. The van der Waals surface area contributed by atoms with Gasteiger partial charge in [0.1, 0.15) is 0 Å². The Bertz CT molecular complexity index is 220. The molecule has 0 spiro atoms. The lowest BCUT2D eigenvalue weighted by Gasteiger charge is -2.26. The van der Waals surface area contributed by atoms with Crippen LogP contribution in [-0.2, 0) is 4.79 Å². The van der Waals surface area contributed by atoms with Gasteiger partial charge in [-0.3, -0.25) is 4.79 Å². The maximum atomic E-state index is 11.4. The molecule has 1 rings (SSSR count). The molecule has 0 aromatic heterocycles. The average molecular weight is 224 g/mol. The van der Waals surface area contributed by atoms with Crippen LogP contribution in [0, 0.1) is 11.8 Å². The molecule has 2 N–H and O–H groups in total. The third-order valence-electron chi connectivity index (χ3n) is 3.30. The van der Waals surface area contributed by atoms with Crippen molar-refractivity contribution in [1.29, 1.82) is 0 Å². The minimum atomic E-state index is 0.0977. The van der Waals surface area contributed by atoms with Crippen molar-refractivity contribution in [3.8, 4) is 0 Å². The van der Waals surface area contributed by atoms with Crippen molar-refractivity contribution in [2.24, 2.45) is 11.8 Å². The zero-order valence-corrected chi connectivity index (χ0v) is 10.3. The molecule has 0 unspecified atom stereocenters. The van der Waals surface area contributed by atoms with Crippen LogP contribution in [0.3, 0.4) is 0 Å². The van der Waals surface area contributed by atoms with E-state index in [0.717, 1.165) is 12.5 Å². The summed E-state index contributed by atoms with van der Waals surface area (Å²) in [6, 6.07) is 0. The minimum Gasteiger partial charge on any atom is -0.355 e. The second-order valence-corrected chi connectivity index (χ2v) is 4.85. The van der Waals surface area contributed by atoms with Gasteiger partial charge in [-0.05, 0) is 24.7 Å². The molecule has 0 aliphatic heterocycles. The van der Waals surface area contributed by atoms with Crippen molar-refractivity contribution < 1.29 is 4.79 Å². The van der Waals surface area contributed by atoms with Crippen LogP contribution in [0.25, 0.3) is 0 Å². The zero-order chi connectivity index (χ0) is 11.8. The standard InChI is InChI=1S/C13H24N2O/c1-3-8-14-10-13(16)15-9-12-6-4-11(2)5-7-12/h3,11-12,14H,1,4-10H2,2H3,(H,15,16). The Morgan fingerprint density at radius 1 is 1.38 bits per heavy atom. The largest absolute Gasteiger partial charge is 0.355 e. The fraction of sp³-hybridized carbons (Fsp3) is 0.769. The minimum absolute atomic E-state index is 0.0977. The van der Waals surface area contributed by atoms with Gasteiger partial charge in [-0.15, -0.1) is 6.58 Å². The molecule has 1 aliphatic rings. The van der Waals surface area contributed by atoms with Gasteiger partial charge in [-0.25, -0.2) is 0 Å². The molecule has 0 heterocycles. The molecular weight excluding hydrogens is 200 g/mol. The number of amides is 1. The summed E-state index contributed by atoms with van der Waals surface area (Å²) in [5, 5.41) is 5.99. The van der Waals surface area contributed by atoms with Gasteiger partial charge in [-0.2, -0.15) is 0 Å². The molecule has 16 heavy (non-hydrogen) atoms. The van der Waals surface area contributed by atoms with Crippen molar-refractivity contribution in [1.82, 2.24) is 10.6 Å². The highest BCUT2D eigenvalue weighted by atomic mass is 16.1. The Kier molecular flexibility index (Phi) is 6.16. The normalized spacial score (nSPS) is 25.1. The van der Waals surface area contributed by atoms with E-state index >= 15 is 0 Å². The van der Waals surface area contributed by atoms with Crippen LogP contribution in [0.5, 0.6) is 0 Å². The molecule has 0 radical (unpaired) electrons. The summed E-state index contributed by atoms with van der Waals surface area (Å²) < 4.78 is 0. The van der Waals surface area contributed by atoms with E-state index in [-0.39, 0.29) is 5.91 Å². The van der Waals surface area contributed by atoms with Crippen LogP contribution in [0.15, 0.2) is 12.7 Å². The Morgan fingerprint density at radius 3 is 2.69 bits per heavy atom. The van der Waals surface area contributed by atoms with Crippen molar-refractivity contribution in [2.75, 3.05) is 19.6 Å². The summed E-state index contributed by atoms with van der Waals surface area (Å²) in [5.41, 5.74) is 0. The zero-order valence-electron chi connectivity index (χ0n) is 10.3. The van der Waals surface area contributed by atoms with E-state index in [9.17, 15) is 4.79 Å². The van der Waals surface area contributed by atoms with Crippen LogP contribution >= 0.6 is 0 Å². The first-order valence-corrected chi connectivity index (χ1v) is 6.30. The summed E-state index contributed by atoms with van der Waals surface area (Å²) in [6.07, 6.45) is 6.92. The lowest BCUT2D eigenvalue weighted by atomic mass is 9.83. The molecule has 0 atom stereocenters. The topological polar surface area (TPSA) is 41.1 Å². The maximum absolute atomic E-state index is 11.4. The number of nitrogens with one attached hydrogen (secondary N) is 2. The van der Waals surface area contributed by atoms with Crippen LogP contribution in [0.4, 0.5) is 0 Å². The molecular formula is C13H24N2O. The number of hydrogen-bond donors (Lipinski definition) is 2. The third kappa shape index (κ3) is 5.31. The summed E-state index contributed by atoms with van der Waals surface area (Å²) in [7, 11) is 0. The van der Waals surface area contributed by atoms with E-state index in [4.69, 9.17) is 0 Å². The van der Waals surface area contributed by atoms with Gasteiger partial charge in [0.2, 0.25) is 5.91 Å².